The first-order valence-electron chi connectivity index (χ1n) is 13.1. The zero-order valence-electron chi connectivity index (χ0n) is 22.9. The van der Waals surface area contributed by atoms with Crippen molar-refractivity contribution in [2.45, 2.75) is 51.1 Å². The van der Waals surface area contributed by atoms with Crippen molar-refractivity contribution in [1.29, 1.82) is 0 Å². The zero-order valence-corrected chi connectivity index (χ0v) is 23.7. The van der Waals surface area contributed by atoms with Gasteiger partial charge in [0, 0.05) is 12.6 Å². The standard InChI is InChI=1S/C30H37N3O5S/c1-5-38-28-19-13-12-18-27(28)33(39(36,37)26-16-10-7-11-17-26)22-29(34)32(24(4)30(35)31-23(2)3)21-20-25-14-8-6-9-15-25/h6-19,23-24H,5,20-22H2,1-4H3,(H,31,35)/t24-/m0/s1. The molecule has 0 saturated carbocycles. The Morgan fingerprint density at radius 3 is 2.08 bits per heavy atom. The van der Waals surface area contributed by atoms with Crippen LogP contribution in [0.3, 0.4) is 0 Å². The highest BCUT2D eigenvalue weighted by Gasteiger charge is 2.33. The average Bonchev–Trinajstić information content (AvgIpc) is 2.93. The summed E-state index contributed by atoms with van der Waals surface area (Å²) in [7, 11) is -4.15. The van der Waals surface area contributed by atoms with Crippen molar-refractivity contribution in [3.63, 3.8) is 0 Å². The van der Waals surface area contributed by atoms with Crippen LogP contribution in [-0.2, 0) is 26.0 Å². The molecule has 0 aliphatic heterocycles. The smallest absolute Gasteiger partial charge is 0.264 e. The number of rotatable bonds is 13. The Bertz CT molecular complexity index is 1330. The lowest BCUT2D eigenvalue weighted by molar-refractivity contribution is -0.139. The predicted molar refractivity (Wildman–Crippen MR) is 153 cm³/mol. The quantitative estimate of drug-likeness (QED) is 0.342. The number of hydrogen-bond donors (Lipinski definition) is 1. The Balaban J connectivity index is 2.01. The number of benzene rings is 3. The minimum Gasteiger partial charge on any atom is -0.492 e. The summed E-state index contributed by atoms with van der Waals surface area (Å²) >= 11 is 0. The Labute approximate surface area is 231 Å². The molecular weight excluding hydrogens is 514 g/mol. The molecular formula is C30H37N3O5S. The Morgan fingerprint density at radius 1 is 0.872 bits per heavy atom. The van der Waals surface area contributed by atoms with E-state index in [4.69, 9.17) is 4.74 Å². The second kappa shape index (κ2) is 13.8. The highest BCUT2D eigenvalue weighted by Crippen LogP contribution is 2.32. The van der Waals surface area contributed by atoms with Gasteiger partial charge in [-0.15, -0.1) is 0 Å². The lowest BCUT2D eigenvalue weighted by Gasteiger charge is -2.32. The molecule has 0 fully saturated rings. The third-order valence-electron chi connectivity index (χ3n) is 6.13. The average molecular weight is 552 g/mol. The number of amides is 2. The molecule has 39 heavy (non-hydrogen) atoms. The fraction of sp³-hybridized carbons (Fsp3) is 0.333. The molecule has 8 nitrogen and oxygen atoms in total. The molecule has 9 heteroatoms. The molecule has 0 aliphatic carbocycles. The number of nitrogens with one attached hydrogen (secondary N) is 1. The number of anilines is 1. The van der Waals surface area contributed by atoms with Gasteiger partial charge in [-0.3, -0.25) is 13.9 Å². The highest BCUT2D eigenvalue weighted by molar-refractivity contribution is 7.92. The SMILES string of the molecule is CCOc1ccccc1N(CC(=O)N(CCc1ccccc1)[C@@H](C)C(=O)NC(C)C)S(=O)(=O)c1ccccc1. The normalized spacial score (nSPS) is 12.0. The Kier molecular flexibility index (Phi) is 10.5. The van der Waals surface area contributed by atoms with Crippen molar-refractivity contribution < 1.29 is 22.7 Å². The van der Waals surface area contributed by atoms with Crippen molar-refractivity contribution in [2.75, 3.05) is 24.0 Å². The predicted octanol–water partition coefficient (Wildman–Crippen LogP) is 4.27. The first-order valence-corrected chi connectivity index (χ1v) is 14.5. The number of carbonyl (C=O) groups is 2. The minimum atomic E-state index is -4.15. The summed E-state index contributed by atoms with van der Waals surface area (Å²) in [5.74, 6) is -0.463. The summed E-state index contributed by atoms with van der Waals surface area (Å²) in [6, 6.07) is 23.4. The summed E-state index contributed by atoms with van der Waals surface area (Å²) in [5, 5.41) is 2.86. The summed E-state index contributed by atoms with van der Waals surface area (Å²) < 4.78 is 34.6. The van der Waals surface area contributed by atoms with E-state index in [0.717, 1.165) is 9.87 Å². The van der Waals surface area contributed by atoms with Crippen LogP contribution in [0.2, 0.25) is 0 Å². The molecule has 0 aromatic heterocycles. The first-order chi connectivity index (χ1) is 18.6. The van der Waals surface area contributed by atoms with E-state index in [1.165, 1.54) is 17.0 Å². The topological polar surface area (TPSA) is 96.0 Å². The molecule has 3 aromatic rings. The lowest BCUT2D eigenvalue weighted by atomic mass is 10.1. The maximum Gasteiger partial charge on any atom is 0.264 e. The van der Waals surface area contributed by atoms with Crippen molar-refractivity contribution >= 4 is 27.5 Å². The van der Waals surface area contributed by atoms with Crippen LogP contribution in [0.25, 0.3) is 0 Å². The maximum absolute atomic E-state index is 13.9. The van der Waals surface area contributed by atoms with E-state index in [1.54, 1.807) is 56.3 Å². The van der Waals surface area contributed by atoms with Crippen LogP contribution < -0.4 is 14.4 Å². The highest BCUT2D eigenvalue weighted by atomic mass is 32.2. The van der Waals surface area contributed by atoms with E-state index in [1.807, 2.05) is 44.2 Å². The van der Waals surface area contributed by atoms with E-state index in [-0.39, 0.29) is 29.1 Å². The second-order valence-electron chi connectivity index (χ2n) is 9.39. The molecule has 1 N–H and O–H groups in total. The molecule has 0 spiro atoms. The van der Waals surface area contributed by atoms with Gasteiger partial charge in [-0.1, -0.05) is 60.7 Å². The third-order valence-corrected chi connectivity index (χ3v) is 7.90. The van der Waals surface area contributed by atoms with Crippen molar-refractivity contribution in [3.8, 4) is 5.75 Å². The monoisotopic (exact) mass is 551 g/mol. The summed E-state index contributed by atoms with van der Waals surface area (Å²) in [6.07, 6.45) is 0.507. The molecule has 3 aromatic carbocycles. The minimum absolute atomic E-state index is 0.0468. The van der Waals surface area contributed by atoms with Gasteiger partial charge in [0.25, 0.3) is 10.0 Å². The van der Waals surface area contributed by atoms with Crippen LogP contribution in [0.1, 0.15) is 33.3 Å². The summed E-state index contributed by atoms with van der Waals surface area (Å²) in [6.45, 7) is 7.21. The van der Waals surface area contributed by atoms with Gasteiger partial charge >= 0.3 is 0 Å². The molecule has 0 heterocycles. The summed E-state index contributed by atoms with van der Waals surface area (Å²) in [5.41, 5.74) is 1.25. The molecule has 208 valence electrons. The Hall–Kier alpha value is -3.85. The maximum atomic E-state index is 13.9. The number of ether oxygens (including phenoxy) is 1. The van der Waals surface area contributed by atoms with Gasteiger partial charge < -0.3 is 15.0 Å². The summed E-state index contributed by atoms with van der Waals surface area (Å²) in [4.78, 5) is 28.4. The third kappa shape index (κ3) is 7.83. The number of para-hydroxylation sites is 2. The van der Waals surface area contributed by atoms with Gasteiger partial charge in [0.2, 0.25) is 11.8 Å². The fourth-order valence-corrected chi connectivity index (χ4v) is 5.59. The molecule has 0 unspecified atom stereocenters. The van der Waals surface area contributed by atoms with Crippen LogP contribution in [-0.4, -0.2) is 56.9 Å². The van der Waals surface area contributed by atoms with Crippen LogP contribution in [0.5, 0.6) is 5.75 Å². The molecule has 3 rings (SSSR count). The van der Waals surface area contributed by atoms with Crippen LogP contribution in [0.15, 0.2) is 89.8 Å². The van der Waals surface area contributed by atoms with Crippen molar-refractivity contribution in [3.05, 3.63) is 90.5 Å². The van der Waals surface area contributed by atoms with Gasteiger partial charge in [0.15, 0.2) is 0 Å². The van der Waals surface area contributed by atoms with Crippen LogP contribution in [0.4, 0.5) is 5.69 Å². The molecule has 0 bridgehead atoms. The van der Waals surface area contributed by atoms with Crippen molar-refractivity contribution in [1.82, 2.24) is 10.2 Å². The van der Waals surface area contributed by atoms with Gasteiger partial charge in [0.05, 0.1) is 17.2 Å². The molecule has 0 radical (unpaired) electrons. The molecule has 0 saturated heterocycles. The second-order valence-corrected chi connectivity index (χ2v) is 11.2. The molecule has 0 aliphatic rings. The van der Waals surface area contributed by atoms with Crippen LogP contribution >= 0.6 is 0 Å². The number of sulfonamides is 1. The van der Waals surface area contributed by atoms with E-state index >= 15 is 0 Å². The zero-order chi connectivity index (χ0) is 28.4. The largest absolute Gasteiger partial charge is 0.492 e. The number of carbonyl (C=O) groups excluding carboxylic acids is 2. The Morgan fingerprint density at radius 2 is 1.46 bits per heavy atom. The van der Waals surface area contributed by atoms with E-state index < -0.39 is 28.5 Å². The van der Waals surface area contributed by atoms with E-state index in [0.29, 0.717) is 18.8 Å². The van der Waals surface area contributed by atoms with Crippen LogP contribution in [0, 0.1) is 0 Å². The number of nitrogens with zero attached hydrogens (tertiary/aromatic N) is 2. The van der Waals surface area contributed by atoms with E-state index in [2.05, 4.69) is 5.32 Å². The first kappa shape index (κ1) is 29.7. The van der Waals surface area contributed by atoms with E-state index in [9.17, 15) is 18.0 Å². The van der Waals surface area contributed by atoms with Crippen molar-refractivity contribution in [2.24, 2.45) is 0 Å². The van der Waals surface area contributed by atoms with Gasteiger partial charge in [-0.05, 0) is 63.9 Å². The van der Waals surface area contributed by atoms with Gasteiger partial charge in [-0.25, -0.2) is 8.42 Å². The van der Waals surface area contributed by atoms with Gasteiger partial charge in [-0.2, -0.15) is 0 Å². The molecule has 1 atom stereocenters. The lowest BCUT2D eigenvalue weighted by Crippen LogP contribution is -2.53. The van der Waals surface area contributed by atoms with Gasteiger partial charge in [0.1, 0.15) is 18.3 Å². The molecule has 2 amide bonds. The fourth-order valence-electron chi connectivity index (χ4n) is 4.15. The number of hydrogen-bond acceptors (Lipinski definition) is 5.